The molecule has 0 saturated carbocycles. The molecule has 4 nitrogen and oxygen atoms in total. The Bertz CT molecular complexity index is 1250. The smallest absolute Gasteiger partial charge is 0.416 e. The third-order valence-electron chi connectivity index (χ3n) is 5.76. The predicted octanol–water partition coefficient (Wildman–Crippen LogP) is 7.60. The summed E-state index contributed by atoms with van der Waals surface area (Å²) in [4.78, 5) is 16.3. The molecule has 1 heterocycles. The van der Waals surface area contributed by atoms with E-state index in [2.05, 4.69) is 4.98 Å². The highest BCUT2D eigenvalue weighted by Gasteiger charge is 2.32. The summed E-state index contributed by atoms with van der Waals surface area (Å²) < 4.78 is 51.8. The van der Waals surface area contributed by atoms with Gasteiger partial charge in [-0.2, -0.15) is 13.2 Å². The summed E-state index contributed by atoms with van der Waals surface area (Å²) in [5.74, 6) is -0.134. The van der Waals surface area contributed by atoms with Crippen LogP contribution >= 0.6 is 11.6 Å². The number of hydrogen-bond acceptors (Lipinski definition) is 4. The van der Waals surface area contributed by atoms with Gasteiger partial charge >= 0.3 is 12.1 Å². The van der Waals surface area contributed by atoms with Crippen LogP contribution in [0.4, 0.5) is 13.2 Å². The monoisotopic (exact) mass is 501 g/mol. The molecular weight excluding hydrogens is 479 g/mol. The lowest BCUT2D eigenvalue weighted by molar-refractivity contribution is -0.137. The van der Waals surface area contributed by atoms with Crippen LogP contribution in [-0.2, 0) is 17.5 Å². The van der Waals surface area contributed by atoms with Crippen molar-refractivity contribution in [1.82, 2.24) is 4.98 Å². The largest absolute Gasteiger partial charge is 0.488 e. The summed E-state index contributed by atoms with van der Waals surface area (Å²) in [5.41, 5.74) is 3.07. The van der Waals surface area contributed by atoms with Gasteiger partial charge in [0.1, 0.15) is 12.4 Å². The van der Waals surface area contributed by atoms with Crippen LogP contribution in [0.15, 0.2) is 60.9 Å². The molecule has 3 aromatic rings. The number of ether oxygens (including phenoxy) is 2. The van der Waals surface area contributed by atoms with Gasteiger partial charge in [0.05, 0.1) is 17.7 Å². The predicted molar refractivity (Wildman–Crippen MR) is 128 cm³/mol. The van der Waals surface area contributed by atoms with Crippen molar-refractivity contribution in [3.63, 3.8) is 0 Å². The van der Waals surface area contributed by atoms with E-state index in [0.717, 1.165) is 35.3 Å². The van der Waals surface area contributed by atoms with E-state index in [1.54, 1.807) is 43.5 Å². The molecular formula is C27H23ClF3NO3. The Balaban J connectivity index is 1.75. The van der Waals surface area contributed by atoms with E-state index in [-0.39, 0.29) is 13.2 Å². The fourth-order valence-electron chi connectivity index (χ4n) is 4.10. The highest BCUT2D eigenvalue weighted by molar-refractivity contribution is 6.30. The van der Waals surface area contributed by atoms with Crippen LogP contribution in [0.25, 0.3) is 11.1 Å². The number of carbonyl (C=O) groups excluding carboxylic acids is 1. The first kappa shape index (κ1) is 24.8. The van der Waals surface area contributed by atoms with Gasteiger partial charge in [0.25, 0.3) is 0 Å². The molecule has 0 saturated heterocycles. The van der Waals surface area contributed by atoms with Crippen LogP contribution < -0.4 is 4.74 Å². The Hall–Kier alpha value is -3.32. The maximum atomic E-state index is 13.6. The number of pyridine rings is 1. The molecule has 1 aromatic heterocycles. The summed E-state index contributed by atoms with van der Waals surface area (Å²) in [6, 6.07) is 12.3. The zero-order valence-corrected chi connectivity index (χ0v) is 19.7. The molecule has 0 radical (unpaired) electrons. The Labute approximate surface area is 206 Å². The lowest BCUT2D eigenvalue weighted by Gasteiger charge is -2.17. The summed E-state index contributed by atoms with van der Waals surface area (Å²) in [6.07, 6.45) is 0.538. The molecule has 0 N–H and O–H groups in total. The second-order valence-electron chi connectivity index (χ2n) is 8.12. The summed E-state index contributed by atoms with van der Waals surface area (Å²) in [5, 5.41) is 0.586. The Kier molecular flexibility index (Phi) is 7.45. The third-order valence-corrected chi connectivity index (χ3v) is 6.01. The first-order chi connectivity index (χ1) is 16.8. The third kappa shape index (κ3) is 5.85. The van der Waals surface area contributed by atoms with E-state index in [0.29, 0.717) is 40.3 Å². The minimum absolute atomic E-state index is 0.179. The Morgan fingerprint density at radius 2 is 1.77 bits per heavy atom. The van der Waals surface area contributed by atoms with Crippen molar-refractivity contribution < 1.29 is 27.4 Å². The highest BCUT2D eigenvalue weighted by Crippen LogP contribution is 2.44. The van der Waals surface area contributed by atoms with Gasteiger partial charge in [-0.05, 0) is 84.9 Å². The number of carbonyl (C=O) groups is 1. The zero-order chi connectivity index (χ0) is 25.0. The molecule has 0 amide bonds. The van der Waals surface area contributed by atoms with E-state index in [1.807, 2.05) is 0 Å². The molecule has 35 heavy (non-hydrogen) atoms. The average Bonchev–Trinajstić information content (AvgIpc) is 3.33. The van der Waals surface area contributed by atoms with E-state index >= 15 is 0 Å². The fourth-order valence-corrected chi connectivity index (χ4v) is 4.23. The van der Waals surface area contributed by atoms with Crippen LogP contribution in [0, 0.1) is 0 Å². The number of halogens is 4. The van der Waals surface area contributed by atoms with Crippen LogP contribution in [0.1, 0.15) is 58.8 Å². The molecule has 0 bridgehead atoms. The Morgan fingerprint density at radius 1 is 1.03 bits per heavy atom. The molecule has 0 spiro atoms. The van der Waals surface area contributed by atoms with Crippen LogP contribution in [-0.4, -0.2) is 17.6 Å². The first-order valence-corrected chi connectivity index (χ1v) is 11.6. The molecule has 1 aliphatic rings. The second-order valence-corrected chi connectivity index (χ2v) is 8.55. The van der Waals surface area contributed by atoms with Gasteiger partial charge in [0.2, 0.25) is 0 Å². The number of rotatable bonds is 7. The average molecular weight is 502 g/mol. The van der Waals surface area contributed by atoms with Crippen LogP contribution in [0.2, 0.25) is 5.02 Å². The van der Waals surface area contributed by atoms with Crippen molar-refractivity contribution in [2.45, 2.75) is 39.0 Å². The minimum Gasteiger partial charge on any atom is -0.488 e. The molecule has 182 valence electrons. The SMILES string of the molecule is CCOC(=O)c1cncc(C2=C(c3cc(C(F)(F)F)ccc3OCc3ccc(Cl)cc3)CCC2)c1. The Morgan fingerprint density at radius 3 is 2.49 bits per heavy atom. The topological polar surface area (TPSA) is 48.4 Å². The standard InChI is InChI=1S/C27H23ClF3NO3/c1-2-34-26(33)19-12-18(14-32-15-19)22-4-3-5-23(22)24-13-20(27(29,30)31)8-11-25(24)35-16-17-6-9-21(28)10-7-17/h6-15H,2-5,16H2,1H3. The lowest BCUT2D eigenvalue weighted by atomic mass is 9.95. The molecule has 8 heteroatoms. The quantitative estimate of drug-likeness (QED) is 0.313. The lowest BCUT2D eigenvalue weighted by Crippen LogP contribution is -2.07. The van der Waals surface area contributed by atoms with Gasteiger partial charge < -0.3 is 9.47 Å². The number of alkyl halides is 3. The van der Waals surface area contributed by atoms with Crippen molar-refractivity contribution in [3.05, 3.63) is 93.8 Å². The van der Waals surface area contributed by atoms with E-state index in [9.17, 15) is 18.0 Å². The molecule has 4 rings (SSSR count). The van der Waals surface area contributed by atoms with Crippen LogP contribution in [0.3, 0.4) is 0 Å². The van der Waals surface area contributed by atoms with Crippen molar-refractivity contribution >= 4 is 28.7 Å². The molecule has 1 aliphatic carbocycles. The number of benzene rings is 2. The van der Waals surface area contributed by atoms with E-state index in [4.69, 9.17) is 21.1 Å². The van der Waals surface area contributed by atoms with Gasteiger partial charge in [-0.25, -0.2) is 4.79 Å². The summed E-state index contributed by atoms with van der Waals surface area (Å²) in [6.45, 7) is 2.12. The van der Waals surface area contributed by atoms with Gasteiger partial charge in [-0.1, -0.05) is 23.7 Å². The van der Waals surface area contributed by atoms with Crippen molar-refractivity contribution in [2.75, 3.05) is 6.61 Å². The summed E-state index contributed by atoms with van der Waals surface area (Å²) in [7, 11) is 0. The molecule has 0 aliphatic heterocycles. The number of aromatic nitrogens is 1. The highest BCUT2D eigenvalue weighted by atomic mass is 35.5. The first-order valence-electron chi connectivity index (χ1n) is 11.2. The fraction of sp³-hybridized carbons (Fsp3) is 0.259. The van der Waals surface area contributed by atoms with Gasteiger partial charge in [-0.15, -0.1) is 0 Å². The summed E-state index contributed by atoms with van der Waals surface area (Å²) >= 11 is 5.94. The zero-order valence-electron chi connectivity index (χ0n) is 19.0. The van der Waals surface area contributed by atoms with Crippen LogP contribution in [0.5, 0.6) is 5.75 Å². The second kappa shape index (κ2) is 10.5. The van der Waals surface area contributed by atoms with Gasteiger partial charge in [0, 0.05) is 23.0 Å². The molecule has 0 atom stereocenters. The normalized spacial score (nSPS) is 13.7. The van der Waals surface area contributed by atoms with Gasteiger partial charge in [-0.3, -0.25) is 4.98 Å². The number of hydrogen-bond donors (Lipinski definition) is 0. The van der Waals surface area contributed by atoms with E-state index in [1.165, 1.54) is 12.3 Å². The van der Waals surface area contributed by atoms with Gasteiger partial charge in [0.15, 0.2) is 0 Å². The number of esters is 1. The molecule has 0 fully saturated rings. The van der Waals surface area contributed by atoms with E-state index < -0.39 is 17.7 Å². The number of allylic oxidation sites excluding steroid dienone is 2. The van der Waals surface area contributed by atoms with Crippen molar-refractivity contribution in [2.24, 2.45) is 0 Å². The van der Waals surface area contributed by atoms with Crippen molar-refractivity contribution in [3.8, 4) is 5.75 Å². The van der Waals surface area contributed by atoms with Crippen molar-refractivity contribution in [1.29, 1.82) is 0 Å². The minimum atomic E-state index is -4.49. The molecule has 0 unspecified atom stereocenters. The maximum absolute atomic E-state index is 13.6. The number of nitrogens with zero attached hydrogens (tertiary/aromatic N) is 1. The maximum Gasteiger partial charge on any atom is 0.416 e. The molecule has 2 aromatic carbocycles.